The quantitative estimate of drug-likeness (QED) is 0.612. The van der Waals surface area contributed by atoms with E-state index in [4.69, 9.17) is 4.74 Å². The Balaban J connectivity index is 1.98. The molecule has 0 radical (unpaired) electrons. The number of halogens is 3. The monoisotopic (exact) mass is 445 g/mol. The summed E-state index contributed by atoms with van der Waals surface area (Å²) in [7, 11) is 0. The summed E-state index contributed by atoms with van der Waals surface area (Å²) in [5.41, 5.74) is -1.43. The lowest BCUT2D eigenvalue weighted by Crippen LogP contribution is -2.44. The van der Waals surface area contributed by atoms with Crippen molar-refractivity contribution in [1.82, 2.24) is 9.88 Å². The van der Waals surface area contributed by atoms with Crippen LogP contribution in [0.15, 0.2) is 41.3 Å². The van der Waals surface area contributed by atoms with Crippen molar-refractivity contribution < 1.29 is 22.7 Å². The highest BCUT2D eigenvalue weighted by atomic mass is 19.1. The number of piperazine rings is 1. The normalized spacial score (nSPS) is 14.1. The topological polar surface area (TPSA) is 63.6 Å². The number of anilines is 1. The van der Waals surface area contributed by atoms with Gasteiger partial charge in [0.2, 0.25) is 5.43 Å². The smallest absolute Gasteiger partial charge is 0.343 e. The van der Waals surface area contributed by atoms with Crippen LogP contribution < -0.4 is 15.6 Å². The average molecular weight is 445 g/mol. The van der Waals surface area contributed by atoms with Gasteiger partial charge in [-0.1, -0.05) is 18.2 Å². The second-order valence-corrected chi connectivity index (χ2v) is 7.47. The van der Waals surface area contributed by atoms with Crippen LogP contribution in [0.5, 0.6) is 0 Å². The summed E-state index contributed by atoms with van der Waals surface area (Å²) >= 11 is 0. The number of pyridine rings is 1. The van der Waals surface area contributed by atoms with Crippen molar-refractivity contribution in [3.63, 3.8) is 0 Å². The highest BCUT2D eigenvalue weighted by Crippen LogP contribution is 2.31. The van der Waals surface area contributed by atoms with Crippen molar-refractivity contribution in [2.24, 2.45) is 0 Å². The number of esters is 1. The Kier molecular flexibility index (Phi) is 6.18. The van der Waals surface area contributed by atoms with Gasteiger partial charge in [0.1, 0.15) is 22.9 Å². The molecule has 0 spiro atoms. The van der Waals surface area contributed by atoms with Crippen molar-refractivity contribution in [3.05, 3.63) is 75.3 Å². The number of rotatable bonds is 5. The predicted octanol–water partition coefficient (Wildman–Crippen LogP) is 3.05. The molecule has 6 nitrogen and oxygen atoms in total. The van der Waals surface area contributed by atoms with E-state index in [9.17, 15) is 14.0 Å². The van der Waals surface area contributed by atoms with E-state index in [2.05, 4.69) is 5.32 Å². The van der Waals surface area contributed by atoms with E-state index in [0.29, 0.717) is 26.2 Å². The molecule has 1 aromatic heterocycles. The van der Waals surface area contributed by atoms with Crippen LogP contribution in [-0.4, -0.2) is 43.3 Å². The van der Waals surface area contributed by atoms with Crippen molar-refractivity contribution >= 4 is 22.6 Å². The molecule has 1 fully saturated rings. The van der Waals surface area contributed by atoms with Crippen molar-refractivity contribution in [3.8, 4) is 0 Å². The average Bonchev–Trinajstić information content (AvgIpc) is 2.78. The third-order valence-electron chi connectivity index (χ3n) is 5.46. The van der Waals surface area contributed by atoms with Crippen LogP contribution in [0.3, 0.4) is 0 Å². The first-order valence-electron chi connectivity index (χ1n) is 10.3. The first kappa shape index (κ1) is 21.9. The largest absolute Gasteiger partial charge is 0.462 e. The van der Waals surface area contributed by atoms with Gasteiger partial charge in [-0.3, -0.25) is 4.79 Å². The zero-order valence-electron chi connectivity index (χ0n) is 17.5. The molecule has 4 rings (SSSR count). The lowest BCUT2D eigenvalue weighted by Gasteiger charge is -2.30. The first-order valence-corrected chi connectivity index (χ1v) is 10.3. The van der Waals surface area contributed by atoms with Crippen molar-refractivity contribution in [2.75, 3.05) is 37.7 Å². The van der Waals surface area contributed by atoms with Crippen LogP contribution in [0.25, 0.3) is 10.9 Å². The van der Waals surface area contributed by atoms with E-state index in [1.54, 1.807) is 17.9 Å². The van der Waals surface area contributed by atoms with Gasteiger partial charge in [0.05, 0.1) is 24.1 Å². The third-order valence-corrected chi connectivity index (χ3v) is 5.46. The Bertz CT molecular complexity index is 1240. The van der Waals surface area contributed by atoms with Gasteiger partial charge in [-0.2, -0.15) is 0 Å². The molecule has 2 heterocycles. The molecule has 32 heavy (non-hydrogen) atoms. The zero-order chi connectivity index (χ0) is 22.8. The van der Waals surface area contributed by atoms with Crippen LogP contribution in [0.4, 0.5) is 18.9 Å². The Labute approximate surface area is 182 Å². The van der Waals surface area contributed by atoms with Gasteiger partial charge >= 0.3 is 5.97 Å². The fraction of sp³-hybridized carbons (Fsp3) is 0.304. The Morgan fingerprint density at radius 1 is 1.12 bits per heavy atom. The maximum atomic E-state index is 15.8. The number of hydrogen-bond donors (Lipinski definition) is 1. The number of benzene rings is 2. The van der Waals surface area contributed by atoms with Gasteiger partial charge in [0.15, 0.2) is 5.82 Å². The molecular formula is C23H22F3N3O3. The number of hydrogen-bond acceptors (Lipinski definition) is 5. The number of carbonyl (C=O) groups is 1. The molecule has 9 heteroatoms. The van der Waals surface area contributed by atoms with Gasteiger partial charge < -0.3 is 19.5 Å². The summed E-state index contributed by atoms with van der Waals surface area (Å²) in [6.07, 6.45) is 1.15. The van der Waals surface area contributed by atoms with Crippen LogP contribution in [0, 0.1) is 17.5 Å². The lowest BCUT2D eigenvalue weighted by atomic mass is 10.1. The molecule has 0 atom stereocenters. The molecule has 0 aliphatic carbocycles. The molecule has 0 amide bonds. The van der Waals surface area contributed by atoms with E-state index in [-0.39, 0.29) is 40.9 Å². The summed E-state index contributed by atoms with van der Waals surface area (Å²) in [6, 6.07) is 6.86. The predicted molar refractivity (Wildman–Crippen MR) is 115 cm³/mol. The van der Waals surface area contributed by atoms with Crippen molar-refractivity contribution in [2.45, 2.75) is 13.5 Å². The molecule has 3 aromatic rings. The summed E-state index contributed by atoms with van der Waals surface area (Å²) in [5, 5.41) is 2.81. The maximum Gasteiger partial charge on any atom is 0.343 e. The Morgan fingerprint density at radius 2 is 1.84 bits per heavy atom. The minimum absolute atomic E-state index is 0.0221. The van der Waals surface area contributed by atoms with Gasteiger partial charge in [0.25, 0.3) is 0 Å². The first-order chi connectivity index (χ1) is 15.4. The summed E-state index contributed by atoms with van der Waals surface area (Å²) in [4.78, 5) is 26.9. The number of fused-ring (bicyclic) bond motifs is 1. The van der Waals surface area contributed by atoms with Gasteiger partial charge in [-0.15, -0.1) is 0 Å². The van der Waals surface area contributed by atoms with Crippen LogP contribution >= 0.6 is 0 Å². The highest BCUT2D eigenvalue weighted by Gasteiger charge is 2.26. The molecule has 1 saturated heterocycles. The van der Waals surface area contributed by atoms with Crippen LogP contribution in [0.2, 0.25) is 0 Å². The molecule has 1 aliphatic heterocycles. The fourth-order valence-electron chi connectivity index (χ4n) is 3.94. The fourth-order valence-corrected chi connectivity index (χ4v) is 3.94. The minimum Gasteiger partial charge on any atom is -0.462 e. The molecular weight excluding hydrogens is 423 g/mol. The molecule has 1 aliphatic rings. The number of nitrogens with zero attached hydrogens (tertiary/aromatic N) is 2. The second kappa shape index (κ2) is 9.04. The molecule has 1 N–H and O–H groups in total. The van der Waals surface area contributed by atoms with E-state index in [1.807, 2.05) is 0 Å². The van der Waals surface area contributed by atoms with E-state index >= 15 is 8.78 Å². The standard InChI is InChI=1S/C23H22F3N3O3/c1-2-32-23(31)16-13-29(12-14-5-3-4-6-17(14)24)20-15(22(16)30)11-18(25)21(19(20)26)28-9-7-27-8-10-28/h3-6,11,13,27H,2,7-10,12H2,1H3. The zero-order valence-corrected chi connectivity index (χ0v) is 17.5. The lowest BCUT2D eigenvalue weighted by molar-refractivity contribution is 0.0524. The van der Waals surface area contributed by atoms with E-state index in [1.165, 1.54) is 22.8 Å². The summed E-state index contributed by atoms with van der Waals surface area (Å²) in [5.74, 6) is -3.26. The van der Waals surface area contributed by atoms with Gasteiger partial charge in [-0.25, -0.2) is 18.0 Å². The van der Waals surface area contributed by atoms with Gasteiger partial charge in [-0.05, 0) is 19.1 Å². The number of ether oxygens (including phenoxy) is 1. The van der Waals surface area contributed by atoms with E-state index < -0.39 is 28.8 Å². The second-order valence-electron chi connectivity index (χ2n) is 7.47. The van der Waals surface area contributed by atoms with Gasteiger partial charge in [0, 0.05) is 37.9 Å². The Morgan fingerprint density at radius 3 is 2.53 bits per heavy atom. The number of carbonyl (C=O) groups excluding carboxylic acids is 1. The number of nitrogens with one attached hydrogen (secondary N) is 1. The van der Waals surface area contributed by atoms with Crippen molar-refractivity contribution in [1.29, 1.82) is 0 Å². The molecule has 168 valence electrons. The maximum absolute atomic E-state index is 15.8. The Hall–Kier alpha value is -3.33. The third kappa shape index (κ3) is 3.95. The minimum atomic E-state index is -0.925. The summed E-state index contributed by atoms with van der Waals surface area (Å²) < 4.78 is 51.3. The van der Waals surface area contributed by atoms with Crippen LogP contribution in [-0.2, 0) is 11.3 Å². The number of aromatic nitrogens is 1. The molecule has 2 aromatic carbocycles. The SMILES string of the molecule is CCOC(=O)c1cn(Cc2ccccc2F)c2c(F)c(N3CCNCC3)c(F)cc2c1=O. The molecule has 0 unspecified atom stereocenters. The highest BCUT2D eigenvalue weighted by molar-refractivity contribution is 5.95. The summed E-state index contributed by atoms with van der Waals surface area (Å²) in [6.45, 7) is 3.32. The molecule has 0 saturated carbocycles. The molecule has 0 bridgehead atoms. The van der Waals surface area contributed by atoms with E-state index in [0.717, 1.165) is 12.3 Å². The van der Waals surface area contributed by atoms with Crippen LogP contribution in [0.1, 0.15) is 22.8 Å².